The maximum atomic E-state index is 12.0. The molecule has 4 heteroatoms. The monoisotopic (exact) mass is 210 g/mol. The Morgan fingerprint density at radius 1 is 1.53 bits per heavy atom. The maximum Gasteiger partial charge on any atom is 0.274 e. The van der Waals surface area contributed by atoms with Crippen LogP contribution in [0.3, 0.4) is 0 Å². The molecule has 1 aliphatic rings. The predicted molar refractivity (Wildman–Crippen MR) is 60.5 cm³/mol. The van der Waals surface area contributed by atoms with Gasteiger partial charge in [-0.2, -0.15) is 0 Å². The summed E-state index contributed by atoms with van der Waals surface area (Å²) >= 11 is 0. The molecule has 0 aromatic heterocycles. The average molecular weight is 210 g/mol. The fraction of sp³-hybridized carbons (Fsp3) is 0.636. The van der Waals surface area contributed by atoms with Gasteiger partial charge in [0.25, 0.3) is 5.91 Å². The quantitative estimate of drug-likeness (QED) is 0.707. The van der Waals surface area contributed by atoms with E-state index in [9.17, 15) is 4.79 Å². The SMILES string of the molecule is CCN(CC)C(=O)C1=NC=C(C)[NH2+]C1C. The molecule has 1 unspecified atom stereocenters. The fourth-order valence-electron chi connectivity index (χ4n) is 1.73. The number of amides is 1. The second kappa shape index (κ2) is 5.07. The molecular weight excluding hydrogens is 190 g/mol. The van der Waals surface area contributed by atoms with Gasteiger partial charge in [-0.3, -0.25) is 4.79 Å². The molecule has 1 amide bonds. The molecule has 1 heterocycles. The van der Waals surface area contributed by atoms with Gasteiger partial charge >= 0.3 is 0 Å². The molecule has 2 N–H and O–H groups in total. The minimum Gasteiger partial charge on any atom is -0.338 e. The molecule has 0 bridgehead atoms. The third-order valence-electron chi connectivity index (χ3n) is 2.62. The molecule has 0 saturated carbocycles. The van der Waals surface area contributed by atoms with E-state index in [2.05, 4.69) is 10.3 Å². The normalized spacial score (nSPS) is 20.7. The Kier molecular flexibility index (Phi) is 4.03. The van der Waals surface area contributed by atoms with Crippen LogP contribution in [-0.4, -0.2) is 35.7 Å². The van der Waals surface area contributed by atoms with Gasteiger partial charge in [-0.05, 0) is 20.8 Å². The number of allylic oxidation sites excluding steroid dienone is 1. The maximum absolute atomic E-state index is 12.0. The third kappa shape index (κ3) is 2.65. The fourth-order valence-corrected chi connectivity index (χ4v) is 1.73. The van der Waals surface area contributed by atoms with Gasteiger partial charge in [0.2, 0.25) is 0 Å². The van der Waals surface area contributed by atoms with E-state index in [1.807, 2.05) is 27.7 Å². The topological polar surface area (TPSA) is 49.3 Å². The first kappa shape index (κ1) is 11.9. The minimum atomic E-state index is 0.0625. The second-order valence-corrected chi connectivity index (χ2v) is 3.82. The average Bonchev–Trinajstić information content (AvgIpc) is 2.19. The van der Waals surface area contributed by atoms with Gasteiger partial charge in [-0.15, -0.1) is 0 Å². The number of nitrogens with zero attached hydrogens (tertiary/aromatic N) is 2. The van der Waals surface area contributed by atoms with Crippen LogP contribution < -0.4 is 5.32 Å². The van der Waals surface area contributed by atoms with Gasteiger partial charge in [-0.25, -0.2) is 4.99 Å². The van der Waals surface area contributed by atoms with Crippen LogP contribution in [0, 0.1) is 0 Å². The Labute approximate surface area is 91.1 Å². The highest BCUT2D eigenvalue weighted by Crippen LogP contribution is 2.00. The highest BCUT2D eigenvalue weighted by Gasteiger charge is 2.27. The summed E-state index contributed by atoms with van der Waals surface area (Å²) < 4.78 is 0. The molecule has 0 spiro atoms. The van der Waals surface area contributed by atoms with E-state index in [1.54, 1.807) is 11.1 Å². The first-order chi connectivity index (χ1) is 7.10. The van der Waals surface area contributed by atoms with Gasteiger partial charge < -0.3 is 10.2 Å². The van der Waals surface area contributed by atoms with Crippen molar-refractivity contribution in [2.75, 3.05) is 13.1 Å². The Hall–Kier alpha value is -1.16. The molecule has 0 fully saturated rings. The zero-order valence-electron chi connectivity index (χ0n) is 9.95. The van der Waals surface area contributed by atoms with Crippen molar-refractivity contribution < 1.29 is 10.1 Å². The summed E-state index contributed by atoms with van der Waals surface area (Å²) in [4.78, 5) is 18.1. The van der Waals surface area contributed by atoms with Crippen LogP contribution in [0.15, 0.2) is 16.9 Å². The Morgan fingerprint density at radius 3 is 2.60 bits per heavy atom. The van der Waals surface area contributed by atoms with Crippen LogP contribution in [0.4, 0.5) is 0 Å². The summed E-state index contributed by atoms with van der Waals surface area (Å²) in [5.74, 6) is 0.0625. The summed E-state index contributed by atoms with van der Waals surface area (Å²) in [6.45, 7) is 9.46. The van der Waals surface area contributed by atoms with Crippen molar-refractivity contribution in [3.63, 3.8) is 0 Å². The standard InChI is InChI=1S/C11H19N3O/c1-5-14(6-2)11(15)10-9(4)13-8(3)7-12-10/h7,9,13H,5-6H2,1-4H3/p+1. The van der Waals surface area contributed by atoms with Crippen LogP contribution in [0.2, 0.25) is 0 Å². The van der Waals surface area contributed by atoms with Crippen LogP contribution in [0.1, 0.15) is 27.7 Å². The second-order valence-electron chi connectivity index (χ2n) is 3.82. The van der Waals surface area contributed by atoms with Crippen molar-refractivity contribution in [3.05, 3.63) is 11.9 Å². The number of quaternary nitrogens is 1. The highest BCUT2D eigenvalue weighted by molar-refractivity contribution is 6.40. The number of hydrogen-bond acceptors (Lipinski definition) is 2. The molecule has 1 atom stereocenters. The number of hydrogen-bond donors (Lipinski definition) is 1. The first-order valence-corrected chi connectivity index (χ1v) is 5.48. The summed E-state index contributed by atoms with van der Waals surface area (Å²) in [6.07, 6.45) is 1.76. The van der Waals surface area contributed by atoms with Crippen LogP contribution in [-0.2, 0) is 4.79 Å². The van der Waals surface area contributed by atoms with Gasteiger partial charge in [0.05, 0.1) is 6.20 Å². The highest BCUT2D eigenvalue weighted by atomic mass is 16.2. The van der Waals surface area contributed by atoms with Crippen molar-refractivity contribution in [1.29, 1.82) is 0 Å². The molecule has 4 nitrogen and oxygen atoms in total. The third-order valence-corrected chi connectivity index (χ3v) is 2.62. The summed E-state index contributed by atoms with van der Waals surface area (Å²) in [6, 6.07) is 0.128. The zero-order chi connectivity index (χ0) is 11.4. The molecule has 0 aliphatic carbocycles. The van der Waals surface area contributed by atoms with Crippen LogP contribution in [0.25, 0.3) is 0 Å². The molecule has 1 rings (SSSR count). The van der Waals surface area contributed by atoms with E-state index in [0.29, 0.717) is 5.71 Å². The van der Waals surface area contributed by atoms with E-state index in [-0.39, 0.29) is 11.9 Å². The smallest absolute Gasteiger partial charge is 0.274 e. The van der Waals surface area contributed by atoms with Gasteiger partial charge in [0, 0.05) is 20.0 Å². The van der Waals surface area contributed by atoms with E-state index in [4.69, 9.17) is 0 Å². The summed E-state index contributed by atoms with van der Waals surface area (Å²) in [5.41, 5.74) is 1.78. The lowest BCUT2D eigenvalue weighted by Gasteiger charge is -2.23. The van der Waals surface area contributed by atoms with E-state index < -0.39 is 0 Å². The van der Waals surface area contributed by atoms with Crippen LogP contribution in [0.5, 0.6) is 0 Å². The largest absolute Gasteiger partial charge is 0.338 e. The number of rotatable bonds is 3. The minimum absolute atomic E-state index is 0.0625. The lowest BCUT2D eigenvalue weighted by atomic mass is 10.1. The molecule has 0 aromatic rings. The first-order valence-electron chi connectivity index (χ1n) is 5.48. The van der Waals surface area contributed by atoms with E-state index >= 15 is 0 Å². The van der Waals surface area contributed by atoms with Crippen molar-refractivity contribution in [2.24, 2.45) is 4.99 Å². The lowest BCUT2D eigenvalue weighted by Crippen LogP contribution is -2.90. The molecular formula is C11H20N3O+. The molecule has 1 aliphatic heterocycles. The molecule has 0 aromatic carbocycles. The summed E-state index contributed by atoms with van der Waals surface area (Å²) in [7, 11) is 0. The Morgan fingerprint density at radius 2 is 2.13 bits per heavy atom. The molecule has 15 heavy (non-hydrogen) atoms. The molecule has 0 radical (unpaired) electrons. The zero-order valence-corrected chi connectivity index (χ0v) is 9.95. The lowest BCUT2D eigenvalue weighted by molar-refractivity contribution is -0.624. The van der Waals surface area contributed by atoms with Gasteiger partial charge in [-0.1, -0.05) is 0 Å². The van der Waals surface area contributed by atoms with Crippen molar-refractivity contribution >= 4 is 11.6 Å². The van der Waals surface area contributed by atoms with Crippen molar-refractivity contribution in [1.82, 2.24) is 4.90 Å². The number of carbonyl (C=O) groups is 1. The number of aliphatic imine (C=N–C) groups is 1. The summed E-state index contributed by atoms with van der Waals surface area (Å²) in [5, 5.41) is 2.07. The number of carbonyl (C=O) groups excluding carboxylic acids is 1. The van der Waals surface area contributed by atoms with Crippen LogP contribution >= 0.6 is 0 Å². The van der Waals surface area contributed by atoms with Crippen molar-refractivity contribution in [3.8, 4) is 0 Å². The van der Waals surface area contributed by atoms with Gasteiger partial charge in [0.15, 0.2) is 5.71 Å². The molecule has 84 valence electrons. The Balaban J connectivity index is 2.83. The van der Waals surface area contributed by atoms with Gasteiger partial charge in [0.1, 0.15) is 11.7 Å². The number of nitrogens with two attached hydrogens (primary N) is 1. The van der Waals surface area contributed by atoms with E-state index in [0.717, 1.165) is 18.8 Å². The molecule has 0 saturated heterocycles. The predicted octanol–water partition coefficient (Wildman–Crippen LogP) is 0.123. The van der Waals surface area contributed by atoms with Crippen molar-refractivity contribution in [2.45, 2.75) is 33.7 Å². The van der Waals surface area contributed by atoms with E-state index in [1.165, 1.54) is 0 Å². The Bertz CT molecular complexity index is 303.